The molecule has 0 atom stereocenters. The van der Waals surface area contributed by atoms with E-state index in [1.54, 1.807) is 0 Å². The highest BCUT2D eigenvalue weighted by Crippen LogP contribution is 2.50. The summed E-state index contributed by atoms with van der Waals surface area (Å²) in [4.78, 5) is 0. The van der Waals surface area contributed by atoms with E-state index in [-0.39, 0.29) is 0 Å². The highest BCUT2D eigenvalue weighted by molar-refractivity contribution is 7.26. The minimum atomic E-state index is 0.919. The standard InChI is InChI=1S/C38H22S2.C34H20O2.C30H18O2.C30H18OS/c1-2-12-28-27(11-1)37(23-17-19-35-31(21-23)25-9-5-7-15-33(25)39-35)29-13-3-4-14-30(29)38(28)24-18-20-36-32(22-24)26-10-6-8-16-34(26)40-36;1-2-6-26-23(5-1)13-18-33-34(26)29-20-25(15-17-32(29)36-33)22-11-9-21(10-12-22)24-14-16-31-28(19-24)27-7-3-4-8-30(27)35-31;1-3-7-27-23(5-1)25-17-21(13-15-29(25)31-27)19-9-11-20(12-10-19)22-14-16-30-26(18-22)24-6-2-4-8-28(24)32-30;1-3-7-27-23(5-1)25-17-21(13-15-28(25)31-27)19-9-11-20(12-10-19)22-14-16-30-26(18-22)24-6-2-4-8-29(24)32-30/h1-22H;1-20H;2*1-18H. The molecule has 0 radical (unpaired) electrons. The van der Waals surface area contributed by atoms with Crippen molar-refractivity contribution in [1.29, 1.82) is 0 Å². The first kappa shape index (κ1) is 80.9. The van der Waals surface area contributed by atoms with Crippen LogP contribution in [-0.2, 0) is 0 Å². The van der Waals surface area contributed by atoms with Gasteiger partial charge in [0.05, 0.1) is 0 Å². The molecule has 23 aromatic carbocycles. The molecule has 8 heterocycles. The second-order valence-electron chi connectivity index (χ2n) is 36.2. The minimum Gasteiger partial charge on any atom is -0.456 e. The maximum Gasteiger partial charge on any atom is 0.136 e. The molecule has 0 saturated heterocycles. The summed E-state index contributed by atoms with van der Waals surface area (Å²) >= 11 is 5.61. The van der Waals surface area contributed by atoms with Gasteiger partial charge in [-0.1, -0.05) is 328 Å². The van der Waals surface area contributed by atoms with Gasteiger partial charge in [0.15, 0.2) is 0 Å². The first-order valence-electron chi connectivity index (χ1n) is 47.3. The lowest BCUT2D eigenvalue weighted by Crippen LogP contribution is -1.90. The molecular weight excluding hydrogens is 1760 g/mol. The van der Waals surface area contributed by atoms with Gasteiger partial charge in [0, 0.05) is 114 Å². The lowest BCUT2D eigenvalue weighted by molar-refractivity contribution is 0.668. The molecule has 0 bridgehead atoms. The number of thiophene rings is 3. The molecule has 0 N–H and O–H groups in total. The van der Waals surface area contributed by atoms with Crippen LogP contribution >= 0.6 is 34.0 Å². The summed E-state index contributed by atoms with van der Waals surface area (Å²) < 4.78 is 38.2. The van der Waals surface area contributed by atoms with Crippen LogP contribution in [0.2, 0.25) is 0 Å². The first-order chi connectivity index (χ1) is 69.3. The molecule has 31 rings (SSSR count). The zero-order valence-corrected chi connectivity index (χ0v) is 77.7. The van der Waals surface area contributed by atoms with Crippen molar-refractivity contribution in [3.8, 4) is 89.0 Å². The smallest absolute Gasteiger partial charge is 0.136 e. The zero-order chi connectivity index (χ0) is 92.0. The minimum absolute atomic E-state index is 0.919. The summed E-state index contributed by atoms with van der Waals surface area (Å²) in [7, 11) is 0. The van der Waals surface area contributed by atoms with Crippen LogP contribution in [0.3, 0.4) is 0 Å². The van der Waals surface area contributed by atoms with Crippen molar-refractivity contribution >= 4 is 237 Å². The van der Waals surface area contributed by atoms with Crippen LogP contribution in [-0.4, -0.2) is 0 Å². The van der Waals surface area contributed by atoms with Gasteiger partial charge in [-0.3, -0.25) is 0 Å². The number of rotatable bonds is 8. The molecule has 0 aliphatic heterocycles. The molecule has 8 aromatic heterocycles. The molecule has 31 aromatic rings. The molecule has 0 aliphatic carbocycles. The summed E-state index contributed by atoms with van der Waals surface area (Å²) in [5.41, 5.74) is 28.8. The number of hydrogen-bond acceptors (Lipinski definition) is 8. The lowest BCUT2D eigenvalue weighted by atomic mass is 9.85. The van der Waals surface area contributed by atoms with Gasteiger partial charge in [-0.2, -0.15) is 0 Å². The van der Waals surface area contributed by atoms with Gasteiger partial charge >= 0.3 is 0 Å². The number of hydrogen-bond donors (Lipinski definition) is 0. The second kappa shape index (κ2) is 33.2. The van der Waals surface area contributed by atoms with Gasteiger partial charge in [0.25, 0.3) is 0 Å². The van der Waals surface area contributed by atoms with Crippen LogP contribution in [0.15, 0.2) is 495 Å². The normalized spacial score (nSPS) is 11.9. The summed E-state index contributed by atoms with van der Waals surface area (Å²) in [6.07, 6.45) is 0. The SMILES string of the molecule is c1ccc2c(c1)ccc1oc3ccc(-c4ccc(-c5ccc6oc7ccccc7c6c5)cc4)cc3c12.c1ccc2c(c1)oc1ccc(-c3ccc(-c4ccc5oc6ccccc6c5c4)cc3)cc12.c1ccc2c(c1)oc1ccc(-c3ccc(-c4ccc5sc6ccccc6c5c4)cc3)cc12.c1ccc2c(c1)sc1ccc(-c3c4ccccc4c(-c4ccc5sc6ccccc6c5c4)c4ccccc34)cc12. The molecule has 0 aliphatic rings. The Morgan fingerprint density at radius 1 is 0.114 bits per heavy atom. The molecule has 0 spiro atoms. The third-order valence-electron chi connectivity index (χ3n) is 28.2. The number of benzene rings is 23. The van der Waals surface area contributed by atoms with E-state index in [9.17, 15) is 0 Å². The molecule has 0 fully saturated rings. The molecule has 5 nitrogen and oxygen atoms in total. The molecule has 140 heavy (non-hydrogen) atoms. The highest BCUT2D eigenvalue weighted by atomic mass is 32.1. The molecule has 0 unspecified atom stereocenters. The van der Waals surface area contributed by atoms with Gasteiger partial charge in [-0.25, -0.2) is 0 Å². The molecular formula is C132H78O5S3. The summed E-state index contributed by atoms with van der Waals surface area (Å²) in [6, 6.07) is 169. The van der Waals surface area contributed by atoms with Crippen molar-refractivity contribution in [3.05, 3.63) is 473 Å². The van der Waals surface area contributed by atoms with E-state index in [1.165, 1.54) is 187 Å². The Hall–Kier alpha value is -17.5. The van der Waals surface area contributed by atoms with Gasteiger partial charge in [-0.15, -0.1) is 34.0 Å². The van der Waals surface area contributed by atoms with Gasteiger partial charge in [-0.05, 0) is 267 Å². The zero-order valence-electron chi connectivity index (χ0n) is 75.3. The predicted octanol–water partition coefficient (Wildman–Crippen LogP) is 40.1. The van der Waals surface area contributed by atoms with Crippen LogP contribution in [0.25, 0.3) is 292 Å². The van der Waals surface area contributed by atoms with E-state index < -0.39 is 0 Å². The molecule has 0 amide bonds. The Morgan fingerprint density at radius 2 is 0.314 bits per heavy atom. The van der Waals surface area contributed by atoms with Gasteiger partial charge in [0.1, 0.15) is 55.8 Å². The average Bonchev–Trinajstić information content (AvgIpc) is 0.954. The maximum absolute atomic E-state index is 6.18. The highest BCUT2D eigenvalue weighted by Gasteiger charge is 2.22. The van der Waals surface area contributed by atoms with E-state index >= 15 is 0 Å². The third kappa shape index (κ3) is 13.9. The maximum atomic E-state index is 6.18. The van der Waals surface area contributed by atoms with E-state index in [2.05, 4.69) is 425 Å². The Bertz CT molecular complexity index is 9670. The van der Waals surface area contributed by atoms with Crippen LogP contribution in [0, 0.1) is 0 Å². The summed E-state index contributed by atoms with van der Waals surface area (Å²) in [6.45, 7) is 0. The fourth-order valence-electron chi connectivity index (χ4n) is 21.3. The van der Waals surface area contributed by atoms with Crippen molar-refractivity contribution in [2.24, 2.45) is 0 Å². The largest absolute Gasteiger partial charge is 0.456 e. The Morgan fingerprint density at radius 3 is 0.636 bits per heavy atom. The van der Waals surface area contributed by atoms with Crippen LogP contribution in [0.5, 0.6) is 0 Å². The number of para-hydroxylation sites is 4. The lowest BCUT2D eigenvalue weighted by Gasteiger charge is -2.18. The predicted molar refractivity (Wildman–Crippen MR) is 597 cm³/mol. The van der Waals surface area contributed by atoms with E-state index in [0.717, 1.165) is 104 Å². The van der Waals surface area contributed by atoms with E-state index in [4.69, 9.17) is 22.1 Å². The number of furan rings is 5. The fraction of sp³-hybridized carbons (Fsp3) is 0. The Labute approximate surface area is 814 Å². The van der Waals surface area contributed by atoms with Gasteiger partial charge < -0.3 is 22.1 Å². The molecule has 654 valence electrons. The monoisotopic (exact) mass is 1840 g/mol. The quantitative estimate of drug-likeness (QED) is 0.142. The van der Waals surface area contributed by atoms with Gasteiger partial charge in [0.2, 0.25) is 0 Å². The van der Waals surface area contributed by atoms with Crippen molar-refractivity contribution in [2.75, 3.05) is 0 Å². The van der Waals surface area contributed by atoms with Crippen molar-refractivity contribution in [2.45, 2.75) is 0 Å². The number of fused-ring (bicyclic) bond motifs is 28. The van der Waals surface area contributed by atoms with Crippen molar-refractivity contribution in [1.82, 2.24) is 0 Å². The van der Waals surface area contributed by atoms with Crippen molar-refractivity contribution in [3.63, 3.8) is 0 Å². The van der Waals surface area contributed by atoms with Crippen molar-refractivity contribution < 1.29 is 22.1 Å². The molecule has 8 heteroatoms. The van der Waals surface area contributed by atoms with Crippen LogP contribution < -0.4 is 0 Å². The Kier molecular flexibility index (Phi) is 19.2. The average molecular weight is 1840 g/mol. The van der Waals surface area contributed by atoms with Crippen LogP contribution in [0.1, 0.15) is 0 Å². The third-order valence-corrected chi connectivity index (χ3v) is 31.6. The Balaban J connectivity index is 0.0000000920. The van der Waals surface area contributed by atoms with Crippen LogP contribution in [0.4, 0.5) is 0 Å². The summed E-state index contributed by atoms with van der Waals surface area (Å²) in [5.74, 6) is 0. The molecule has 0 saturated carbocycles. The fourth-order valence-corrected chi connectivity index (χ4v) is 24.6. The summed E-state index contributed by atoms with van der Waals surface area (Å²) in [5, 5.41) is 27.2. The second-order valence-corrected chi connectivity index (χ2v) is 39.5. The first-order valence-corrected chi connectivity index (χ1v) is 49.8. The topological polar surface area (TPSA) is 65.7 Å². The van der Waals surface area contributed by atoms with E-state index in [0.29, 0.717) is 0 Å². The van der Waals surface area contributed by atoms with E-state index in [1.807, 2.05) is 82.5 Å².